The largest absolute Gasteiger partial charge is 0.457 e. The van der Waals surface area contributed by atoms with E-state index >= 15 is 0 Å². The second-order valence-electron chi connectivity index (χ2n) is 7.73. The number of rotatable bonds is 6. The van der Waals surface area contributed by atoms with E-state index in [4.69, 9.17) is 4.74 Å². The van der Waals surface area contributed by atoms with Crippen LogP contribution in [-0.4, -0.2) is 29.6 Å². The van der Waals surface area contributed by atoms with Gasteiger partial charge in [-0.2, -0.15) is 0 Å². The molecule has 0 amide bonds. The van der Waals surface area contributed by atoms with Crippen LogP contribution in [0, 0.1) is 5.82 Å². The number of aliphatic hydroxyl groups is 1. The molecule has 1 N–H and O–H groups in total. The molecule has 1 fully saturated rings. The summed E-state index contributed by atoms with van der Waals surface area (Å²) < 4.78 is 18.8. The molecule has 0 bridgehead atoms. The first-order valence-electron chi connectivity index (χ1n) is 10.3. The molecule has 1 aliphatic rings. The number of halogens is 1. The van der Waals surface area contributed by atoms with Gasteiger partial charge in [0.05, 0.1) is 5.60 Å². The third-order valence-electron chi connectivity index (χ3n) is 5.60. The summed E-state index contributed by atoms with van der Waals surface area (Å²) in [6.45, 7) is 2.59. The molecule has 0 aliphatic carbocycles. The molecule has 30 heavy (non-hydrogen) atoms. The molecule has 1 aliphatic heterocycles. The summed E-state index contributed by atoms with van der Waals surface area (Å²) in [6, 6.07) is 23.8. The molecule has 0 saturated carbocycles. The molecule has 0 spiro atoms. The van der Waals surface area contributed by atoms with Crippen LogP contribution in [0.1, 0.15) is 24.0 Å². The van der Waals surface area contributed by atoms with Crippen molar-refractivity contribution < 1.29 is 14.2 Å². The second kappa shape index (κ2) is 9.24. The quantitative estimate of drug-likeness (QED) is 0.580. The molecule has 1 saturated heterocycles. The monoisotopic (exact) mass is 403 g/mol. The molecular weight excluding hydrogens is 377 g/mol. The van der Waals surface area contributed by atoms with Crippen LogP contribution in [-0.2, 0) is 5.60 Å². The number of hydrogen-bond donors (Lipinski definition) is 1. The molecule has 1 heterocycles. The predicted molar refractivity (Wildman–Crippen MR) is 118 cm³/mol. The summed E-state index contributed by atoms with van der Waals surface area (Å²) in [5.41, 5.74) is 1.30. The van der Waals surface area contributed by atoms with Crippen molar-refractivity contribution in [3.8, 4) is 11.5 Å². The van der Waals surface area contributed by atoms with Crippen molar-refractivity contribution >= 4 is 6.08 Å². The summed E-state index contributed by atoms with van der Waals surface area (Å²) in [4.78, 5) is 2.36. The normalized spacial score (nSPS) is 16.6. The van der Waals surface area contributed by atoms with E-state index in [1.807, 2.05) is 42.5 Å². The summed E-state index contributed by atoms with van der Waals surface area (Å²) in [5.74, 6) is 0.957. The van der Waals surface area contributed by atoms with Crippen molar-refractivity contribution in [2.45, 2.75) is 18.4 Å². The zero-order chi connectivity index (χ0) is 20.8. The molecule has 0 radical (unpaired) electrons. The Balaban J connectivity index is 1.31. The van der Waals surface area contributed by atoms with E-state index in [1.165, 1.54) is 17.7 Å². The lowest BCUT2D eigenvalue weighted by Gasteiger charge is -2.38. The van der Waals surface area contributed by atoms with E-state index in [2.05, 4.69) is 29.2 Å². The minimum atomic E-state index is -0.811. The van der Waals surface area contributed by atoms with E-state index in [0.29, 0.717) is 24.3 Å². The molecule has 3 aromatic carbocycles. The van der Waals surface area contributed by atoms with Crippen molar-refractivity contribution in [2.75, 3.05) is 19.6 Å². The molecular formula is C26H26FNO2. The Bertz CT molecular complexity index is 960. The zero-order valence-electron chi connectivity index (χ0n) is 16.9. The zero-order valence-corrected chi connectivity index (χ0v) is 16.9. The van der Waals surface area contributed by atoms with Gasteiger partial charge in [0.2, 0.25) is 0 Å². The van der Waals surface area contributed by atoms with Gasteiger partial charge in [0.25, 0.3) is 0 Å². The molecule has 0 aromatic heterocycles. The van der Waals surface area contributed by atoms with Gasteiger partial charge in [-0.05, 0) is 60.4 Å². The Hall–Kier alpha value is -2.95. The van der Waals surface area contributed by atoms with Gasteiger partial charge in [0, 0.05) is 19.6 Å². The molecule has 4 heteroatoms. The van der Waals surface area contributed by atoms with E-state index in [1.54, 1.807) is 12.1 Å². The SMILES string of the molecule is OC1(c2ccc(Oc3ccc(F)cc3)cc2)CCN(C/C=C/c2ccccc2)CC1. The van der Waals surface area contributed by atoms with Crippen LogP contribution < -0.4 is 4.74 Å². The Labute approximate surface area is 177 Å². The molecule has 0 unspecified atom stereocenters. The fourth-order valence-corrected chi connectivity index (χ4v) is 3.77. The van der Waals surface area contributed by atoms with Crippen LogP contribution in [0.15, 0.2) is 84.9 Å². The van der Waals surface area contributed by atoms with Gasteiger partial charge >= 0.3 is 0 Å². The summed E-state index contributed by atoms with van der Waals surface area (Å²) in [6.07, 6.45) is 5.72. The maximum Gasteiger partial charge on any atom is 0.127 e. The average molecular weight is 403 g/mol. The molecule has 3 nitrogen and oxygen atoms in total. The third kappa shape index (κ3) is 5.15. The maximum atomic E-state index is 13.0. The number of ether oxygens (including phenoxy) is 1. The lowest BCUT2D eigenvalue weighted by Crippen LogP contribution is -2.42. The standard InChI is InChI=1S/C26H26FNO2/c27-23-10-14-25(15-11-23)30-24-12-8-22(9-13-24)26(29)16-19-28(20-17-26)18-4-7-21-5-2-1-3-6-21/h1-15,29H,16-20H2/b7-4+. The second-order valence-corrected chi connectivity index (χ2v) is 7.73. The van der Waals surface area contributed by atoms with E-state index < -0.39 is 5.60 Å². The van der Waals surface area contributed by atoms with Gasteiger partial charge in [0.1, 0.15) is 17.3 Å². The van der Waals surface area contributed by atoms with Crippen LogP contribution >= 0.6 is 0 Å². The van der Waals surface area contributed by atoms with E-state index in [-0.39, 0.29) is 5.82 Å². The van der Waals surface area contributed by atoms with Crippen molar-refractivity contribution in [3.63, 3.8) is 0 Å². The van der Waals surface area contributed by atoms with Gasteiger partial charge in [-0.15, -0.1) is 0 Å². The fraction of sp³-hybridized carbons (Fsp3) is 0.231. The molecule has 154 valence electrons. The predicted octanol–water partition coefficient (Wildman–Crippen LogP) is 5.61. The maximum absolute atomic E-state index is 13.0. The molecule has 3 aromatic rings. The van der Waals surface area contributed by atoms with Gasteiger partial charge in [0.15, 0.2) is 0 Å². The highest BCUT2D eigenvalue weighted by atomic mass is 19.1. The van der Waals surface area contributed by atoms with Gasteiger partial charge in [-0.3, -0.25) is 4.90 Å². The molecule has 4 rings (SSSR count). The fourth-order valence-electron chi connectivity index (χ4n) is 3.77. The first-order chi connectivity index (χ1) is 14.6. The summed E-state index contributed by atoms with van der Waals surface area (Å²) >= 11 is 0. The number of hydrogen-bond acceptors (Lipinski definition) is 3. The number of benzene rings is 3. The van der Waals surface area contributed by atoms with Gasteiger partial charge < -0.3 is 9.84 Å². The third-order valence-corrected chi connectivity index (χ3v) is 5.60. The van der Waals surface area contributed by atoms with Gasteiger partial charge in [-0.25, -0.2) is 4.39 Å². The Morgan fingerprint density at radius 3 is 2.10 bits per heavy atom. The number of nitrogens with zero attached hydrogens (tertiary/aromatic N) is 1. The van der Waals surface area contributed by atoms with E-state index in [0.717, 1.165) is 25.2 Å². The Morgan fingerprint density at radius 2 is 1.47 bits per heavy atom. The highest BCUT2D eigenvalue weighted by Crippen LogP contribution is 2.34. The molecule has 0 atom stereocenters. The number of piperidine rings is 1. The highest BCUT2D eigenvalue weighted by Gasteiger charge is 2.33. The Kier molecular flexibility index (Phi) is 6.26. The first-order valence-corrected chi connectivity index (χ1v) is 10.3. The topological polar surface area (TPSA) is 32.7 Å². The van der Waals surface area contributed by atoms with Gasteiger partial charge in [-0.1, -0.05) is 54.6 Å². The first kappa shape index (κ1) is 20.3. The highest BCUT2D eigenvalue weighted by molar-refractivity contribution is 5.48. The van der Waals surface area contributed by atoms with Crippen LogP contribution in [0.4, 0.5) is 4.39 Å². The average Bonchev–Trinajstić information content (AvgIpc) is 2.78. The van der Waals surface area contributed by atoms with Crippen molar-refractivity contribution in [2.24, 2.45) is 0 Å². The van der Waals surface area contributed by atoms with Crippen LogP contribution in [0.2, 0.25) is 0 Å². The lowest BCUT2D eigenvalue weighted by atomic mass is 9.84. The Morgan fingerprint density at radius 1 is 0.867 bits per heavy atom. The minimum Gasteiger partial charge on any atom is -0.457 e. The number of likely N-dealkylation sites (tertiary alicyclic amines) is 1. The lowest BCUT2D eigenvalue weighted by molar-refractivity contribution is -0.0233. The van der Waals surface area contributed by atoms with Crippen LogP contribution in [0.25, 0.3) is 6.08 Å². The van der Waals surface area contributed by atoms with Crippen LogP contribution in [0.3, 0.4) is 0 Å². The van der Waals surface area contributed by atoms with Crippen molar-refractivity contribution in [1.29, 1.82) is 0 Å². The smallest absolute Gasteiger partial charge is 0.127 e. The van der Waals surface area contributed by atoms with Crippen LogP contribution in [0.5, 0.6) is 11.5 Å². The van der Waals surface area contributed by atoms with Crippen molar-refractivity contribution in [3.05, 3.63) is 102 Å². The van der Waals surface area contributed by atoms with Crippen molar-refractivity contribution in [1.82, 2.24) is 4.90 Å². The summed E-state index contributed by atoms with van der Waals surface area (Å²) in [5, 5.41) is 11.1. The minimum absolute atomic E-state index is 0.290. The van der Waals surface area contributed by atoms with E-state index in [9.17, 15) is 9.50 Å². The summed E-state index contributed by atoms with van der Waals surface area (Å²) in [7, 11) is 0.